The molecule has 5 unspecified atom stereocenters. The molecule has 1 fully saturated rings. The van der Waals surface area contributed by atoms with Gasteiger partial charge >= 0.3 is 0 Å². The minimum atomic E-state index is -1.55. The second-order valence-electron chi connectivity index (χ2n) is 14.8. The Labute approximate surface area is 311 Å². The van der Waals surface area contributed by atoms with Gasteiger partial charge in [-0.15, -0.1) is 0 Å². The Hall–Kier alpha value is -1.33. The lowest BCUT2D eigenvalue weighted by atomic mass is 9.99. The lowest BCUT2D eigenvalue weighted by molar-refractivity contribution is -0.302. The fraction of sp³-hybridized carbons (Fsp3) is 0.881. The van der Waals surface area contributed by atoms with Crippen molar-refractivity contribution in [2.75, 3.05) is 13.2 Å². The molecule has 300 valence electrons. The third-order valence-electron chi connectivity index (χ3n) is 10.1. The summed E-state index contributed by atoms with van der Waals surface area (Å²) in [5.41, 5.74) is 0. The summed E-state index contributed by atoms with van der Waals surface area (Å²) in [6.07, 6.45) is 30.3. The highest BCUT2D eigenvalue weighted by atomic mass is 16.7. The van der Waals surface area contributed by atoms with Gasteiger partial charge in [-0.25, -0.2) is 0 Å². The van der Waals surface area contributed by atoms with E-state index in [1.54, 1.807) is 0 Å². The lowest BCUT2D eigenvalue weighted by Crippen LogP contribution is -2.60. The summed E-state index contributed by atoms with van der Waals surface area (Å²) in [5, 5.41) is 54.2. The SMILES string of the molecule is CCCCC/C=C\C=C\CCCCCCCCC(=O)N[C@@H](COC1OC(CO)C(O)C(O)C1O)[C@H](O)CCCCCCCCCCCCCCC. The number of aliphatic hydroxyl groups excluding tert-OH is 5. The molecule has 1 aliphatic heterocycles. The second kappa shape index (κ2) is 33.3. The summed E-state index contributed by atoms with van der Waals surface area (Å²) in [4.78, 5) is 12.9. The van der Waals surface area contributed by atoms with Gasteiger partial charge in [0, 0.05) is 6.42 Å². The maximum absolute atomic E-state index is 12.9. The third kappa shape index (κ3) is 24.6. The monoisotopic (exact) mass is 726 g/mol. The number of carbonyl (C=O) groups excluding carboxylic acids is 1. The molecule has 1 heterocycles. The van der Waals surface area contributed by atoms with E-state index in [2.05, 4.69) is 43.5 Å². The average molecular weight is 726 g/mol. The first-order valence-corrected chi connectivity index (χ1v) is 21.1. The fourth-order valence-electron chi connectivity index (χ4n) is 6.62. The summed E-state index contributed by atoms with van der Waals surface area (Å²) in [7, 11) is 0. The minimum absolute atomic E-state index is 0.142. The van der Waals surface area contributed by atoms with Gasteiger partial charge in [-0.3, -0.25) is 4.79 Å². The van der Waals surface area contributed by atoms with Crippen LogP contribution < -0.4 is 5.32 Å². The molecule has 0 aromatic heterocycles. The van der Waals surface area contributed by atoms with Crippen LogP contribution in [-0.4, -0.2) is 87.5 Å². The first-order chi connectivity index (χ1) is 24.8. The molecule has 7 atom stereocenters. The van der Waals surface area contributed by atoms with Crippen LogP contribution in [0.3, 0.4) is 0 Å². The van der Waals surface area contributed by atoms with E-state index in [4.69, 9.17) is 9.47 Å². The second-order valence-corrected chi connectivity index (χ2v) is 14.8. The van der Waals surface area contributed by atoms with Crippen molar-refractivity contribution >= 4 is 5.91 Å². The molecule has 0 aliphatic carbocycles. The van der Waals surface area contributed by atoms with E-state index in [-0.39, 0.29) is 12.5 Å². The van der Waals surface area contributed by atoms with Crippen LogP contribution >= 0.6 is 0 Å². The maximum Gasteiger partial charge on any atom is 0.220 e. The van der Waals surface area contributed by atoms with Gasteiger partial charge in [0.2, 0.25) is 5.91 Å². The predicted octanol–water partition coefficient (Wildman–Crippen LogP) is 7.94. The van der Waals surface area contributed by atoms with Gasteiger partial charge in [0.05, 0.1) is 25.4 Å². The molecule has 0 saturated carbocycles. The quantitative estimate of drug-likeness (QED) is 0.0289. The van der Waals surface area contributed by atoms with Crippen molar-refractivity contribution in [1.29, 1.82) is 0 Å². The van der Waals surface area contributed by atoms with Crippen LogP contribution in [0.4, 0.5) is 0 Å². The van der Waals surface area contributed by atoms with Gasteiger partial charge in [0.1, 0.15) is 24.4 Å². The van der Waals surface area contributed by atoms with Crippen molar-refractivity contribution in [3.63, 3.8) is 0 Å². The highest BCUT2D eigenvalue weighted by molar-refractivity contribution is 5.76. The van der Waals surface area contributed by atoms with E-state index < -0.39 is 49.5 Å². The van der Waals surface area contributed by atoms with E-state index in [1.165, 1.54) is 96.3 Å². The molecule has 0 aromatic carbocycles. The molecule has 0 aromatic rings. The van der Waals surface area contributed by atoms with Gasteiger partial charge in [-0.2, -0.15) is 0 Å². The fourth-order valence-corrected chi connectivity index (χ4v) is 6.62. The zero-order valence-corrected chi connectivity index (χ0v) is 32.6. The molecule has 1 aliphatic rings. The highest BCUT2D eigenvalue weighted by Crippen LogP contribution is 2.23. The Morgan fingerprint density at radius 3 is 1.69 bits per heavy atom. The van der Waals surface area contributed by atoms with Crippen LogP contribution in [-0.2, 0) is 14.3 Å². The summed E-state index contributed by atoms with van der Waals surface area (Å²) < 4.78 is 11.2. The minimum Gasteiger partial charge on any atom is -0.394 e. The van der Waals surface area contributed by atoms with E-state index in [9.17, 15) is 30.3 Å². The zero-order chi connectivity index (χ0) is 37.4. The van der Waals surface area contributed by atoms with E-state index >= 15 is 0 Å². The van der Waals surface area contributed by atoms with Gasteiger partial charge < -0.3 is 40.3 Å². The zero-order valence-electron chi connectivity index (χ0n) is 32.6. The van der Waals surface area contributed by atoms with Crippen LogP contribution in [0.2, 0.25) is 0 Å². The van der Waals surface area contributed by atoms with Crippen molar-refractivity contribution in [2.24, 2.45) is 0 Å². The van der Waals surface area contributed by atoms with Gasteiger partial charge in [0.25, 0.3) is 0 Å². The molecule has 1 amide bonds. The van der Waals surface area contributed by atoms with Crippen LogP contribution in [0.5, 0.6) is 0 Å². The van der Waals surface area contributed by atoms with E-state index in [1.807, 2.05) is 0 Å². The first-order valence-electron chi connectivity index (χ1n) is 21.1. The first kappa shape index (κ1) is 47.7. The topological polar surface area (TPSA) is 149 Å². The molecule has 1 rings (SSSR count). The lowest BCUT2D eigenvalue weighted by Gasteiger charge is -2.40. The number of aliphatic hydroxyl groups is 5. The Bertz CT molecular complexity index is 853. The summed E-state index contributed by atoms with van der Waals surface area (Å²) >= 11 is 0. The molecule has 9 nitrogen and oxygen atoms in total. The summed E-state index contributed by atoms with van der Waals surface area (Å²) in [6.45, 7) is 3.78. The number of hydrogen-bond donors (Lipinski definition) is 6. The number of amides is 1. The Kier molecular flexibility index (Phi) is 31.1. The van der Waals surface area contributed by atoms with Gasteiger partial charge in [-0.1, -0.05) is 160 Å². The maximum atomic E-state index is 12.9. The molecular formula is C42H79NO8. The van der Waals surface area contributed by atoms with Crippen LogP contribution in [0.1, 0.15) is 181 Å². The highest BCUT2D eigenvalue weighted by Gasteiger charge is 2.44. The molecule has 0 radical (unpaired) electrons. The molecular weight excluding hydrogens is 646 g/mol. The molecule has 1 saturated heterocycles. The van der Waals surface area contributed by atoms with Crippen molar-refractivity contribution in [3.05, 3.63) is 24.3 Å². The normalized spacial score (nSPS) is 22.2. The Balaban J connectivity index is 2.39. The van der Waals surface area contributed by atoms with Crippen molar-refractivity contribution in [3.8, 4) is 0 Å². The van der Waals surface area contributed by atoms with Crippen LogP contribution in [0.15, 0.2) is 24.3 Å². The molecule has 6 N–H and O–H groups in total. The van der Waals surface area contributed by atoms with E-state index in [0.717, 1.165) is 57.8 Å². The van der Waals surface area contributed by atoms with Crippen molar-refractivity contribution < 1.29 is 39.8 Å². The summed E-state index contributed by atoms with van der Waals surface area (Å²) in [5.74, 6) is -0.158. The summed E-state index contributed by atoms with van der Waals surface area (Å²) in [6, 6.07) is -0.721. The Morgan fingerprint density at radius 2 is 1.14 bits per heavy atom. The van der Waals surface area contributed by atoms with Gasteiger partial charge in [0.15, 0.2) is 6.29 Å². The molecule has 0 spiro atoms. The largest absolute Gasteiger partial charge is 0.394 e. The Morgan fingerprint density at radius 1 is 0.667 bits per heavy atom. The molecule has 9 heteroatoms. The van der Waals surface area contributed by atoms with Crippen molar-refractivity contribution in [1.82, 2.24) is 5.32 Å². The standard InChI is InChI=1S/C42H79NO8/c1-3-5-7-9-11-13-15-17-18-20-22-24-26-28-30-32-38(46)43-35(34-50-42-41(49)40(48)39(47)37(33-44)51-42)36(45)31-29-27-25-23-21-19-16-14-12-10-8-6-4-2/h11,13,15,17,35-37,39-42,44-45,47-49H,3-10,12,14,16,18-34H2,1-2H3,(H,43,46)/b13-11-,17-15+/t35-,36+,37?,39?,40?,41?,42?/m0/s1. The number of nitrogens with one attached hydrogen (secondary N) is 1. The number of hydrogen-bond acceptors (Lipinski definition) is 8. The third-order valence-corrected chi connectivity index (χ3v) is 10.1. The van der Waals surface area contributed by atoms with Gasteiger partial charge in [-0.05, 0) is 38.5 Å². The van der Waals surface area contributed by atoms with Crippen LogP contribution in [0, 0.1) is 0 Å². The number of ether oxygens (including phenoxy) is 2. The number of allylic oxidation sites excluding steroid dienone is 4. The van der Waals surface area contributed by atoms with Crippen LogP contribution in [0.25, 0.3) is 0 Å². The molecule has 51 heavy (non-hydrogen) atoms. The number of rotatable bonds is 34. The van der Waals surface area contributed by atoms with Crippen molar-refractivity contribution in [2.45, 2.75) is 224 Å². The smallest absolute Gasteiger partial charge is 0.220 e. The van der Waals surface area contributed by atoms with E-state index in [0.29, 0.717) is 12.8 Å². The predicted molar refractivity (Wildman–Crippen MR) is 207 cm³/mol. The molecule has 0 bridgehead atoms. The average Bonchev–Trinajstić information content (AvgIpc) is 3.13. The number of unbranched alkanes of at least 4 members (excludes halogenated alkanes) is 21. The number of carbonyl (C=O) groups is 1.